The molecule has 2 aromatic rings. The van der Waals surface area contributed by atoms with Crippen molar-refractivity contribution in [3.05, 3.63) is 58.0 Å². The lowest BCUT2D eigenvalue weighted by molar-refractivity contribution is -0.872. The van der Waals surface area contributed by atoms with Crippen molar-refractivity contribution in [3.63, 3.8) is 0 Å². The molecule has 1 aromatic heterocycles. The van der Waals surface area contributed by atoms with Gasteiger partial charge in [-0.2, -0.15) is 0 Å². The molecule has 7 heteroatoms. The van der Waals surface area contributed by atoms with Crippen molar-refractivity contribution in [2.24, 2.45) is 5.92 Å². The largest absolute Gasteiger partial charge is 0.336 e. The number of hydrogen-bond acceptors (Lipinski definition) is 3. The van der Waals surface area contributed by atoms with Gasteiger partial charge in [0.05, 0.1) is 19.8 Å². The summed E-state index contributed by atoms with van der Waals surface area (Å²) in [6.45, 7) is 4.35. The highest BCUT2D eigenvalue weighted by molar-refractivity contribution is 7.89. The normalized spacial score (nSPS) is 21.6. The summed E-state index contributed by atoms with van der Waals surface area (Å²) in [6.07, 6.45) is 1.58. The topological polar surface area (TPSA) is 63.8 Å². The Balaban J connectivity index is 1.71. The molecule has 0 radical (unpaired) electrons. The molecule has 1 fully saturated rings. The number of nitrogens with zero attached hydrogens (tertiary/aromatic N) is 2. The lowest BCUT2D eigenvalue weighted by atomic mass is 9.83. The smallest absolute Gasteiger partial charge is 0.258 e. The second-order valence-electron chi connectivity index (χ2n) is 9.06. The molecule has 6 nitrogen and oxygen atoms in total. The highest BCUT2D eigenvalue weighted by atomic mass is 32.2. The first-order valence-electron chi connectivity index (χ1n) is 10.9. The summed E-state index contributed by atoms with van der Waals surface area (Å²) in [6, 6.07) is 12.1. The van der Waals surface area contributed by atoms with E-state index in [1.165, 1.54) is 10.5 Å². The first-order valence-corrected chi connectivity index (χ1v) is 12.5. The molecule has 30 heavy (non-hydrogen) atoms. The van der Waals surface area contributed by atoms with Gasteiger partial charge in [0.15, 0.2) is 0 Å². The van der Waals surface area contributed by atoms with Crippen LogP contribution in [0.15, 0.2) is 41.2 Å². The number of sulfonamides is 1. The molecule has 0 aliphatic carbocycles. The zero-order chi connectivity index (χ0) is 21.5. The van der Waals surface area contributed by atoms with Gasteiger partial charge in [-0.25, -0.2) is 12.7 Å². The van der Waals surface area contributed by atoms with E-state index < -0.39 is 10.0 Å². The third-order valence-corrected chi connectivity index (χ3v) is 8.29. The summed E-state index contributed by atoms with van der Waals surface area (Å²) in [7, 11) is 1.00. The molecule has 1 aromatic carbocycles. The number of rotatable bonds is 6. The molecule has 2 aliphatic heterocycles. The van der Waals surface area contributed by atoms with Gasteiger partial charge in [-0.1, -0.05) is 31.2 Å². The SMILES string of the molecule is CCCS(=O)(=O)N1C[C@@H]2C[C@H](C1)c1ccc(-c3ccccc3C[NH+](C)C)c(=O)n1C2. The van der Waals surface area contributed by atoms with Crippen LogP contribution in [0.25, 0.3) is 11.1 Å². The molecule has 0 spiro atoms. The summed E-state index contributed by atoms with van der Waals surface area (Å²) >= 11 is 0. The predicted octanol–water partition coefficient (Wildman–Crippen LogP) is 1.32. The molecule has 2 atom stereocenters. The van der Waals surface area contributed by atoms with Gasteiger partial charge < -0.3 is 9.47 Å². The summed E-state index contributed by atoms with van der Waals surface area (Å²) in [5.41, 5.74) is 3.94. The Kier molecular flexibility index (Phi) is 5.88. The van der Waals surface area contributed by atoms with Crippen molar-refractivity contribution < 1.29 is 13.3 Å². The number of nitrogens with one attached hydrogen (secondary N) is 1. The van der Waals surface area contributed by atoms with Crippen LogP contribution in [0, 0.1) is 5.92 Å². The average Bonchev–Trinajstić information content (AvgIpc) is 2.69. The fraction of sp³-hybridized carbons (Fsp3) is 0.522. The summed E-state index contributed by atoms with van der Waals surface area (Å²) in [4.78, 5) is 14.8. The second-order valence-corrected chi connectivity index (χ2v) is 11.1. The zero-order valence-corrected chi connectivity index (χ0v) is 18.9. The van der Waals surface area contributed by atoms with Crippen LogP contribution in [0.5, 0.6) is 0 Å². The zero-order valence-electron chi connectivity index (χ0n) is 18.1. The summed E-state index contributed by atoms with van der Waals surface area (Å²) < 4.78 is 28.8. The monoisotopic (exact) mass is 430 g/mol. The van der Waals surface area contributed by atoms with E-state index in [9.17, 15) is 13.2 Å². The van der Waals surface area contributed by atoms with Gasteiger partial charge in [0.25, 0.3) is 5.56 Å². The Morgan fingerprint density at radius 2 is 1.80 bits per heavy atom. The minimum atomic E-state index is -3.21. The molecule has 0 unspecified atom stereocenters. The lowest BCUT2D eigenvalue weighted by Crippen LogP contribution is -3.04. The highest BCUT2D eigenvalue weighted by Gasteiger charge is 2.38. The Morgan fingerprint density at radius 3 is 2.53 bits per heavy atom. The number of fused-ring (bicyclic) bond motifs is 4. The Labute approximate surface area is 179 Å². The molecular weight excluding hydrogens is 398 g/mol. The molecular formula is C23H32N3O3S+. The number of aromatic nitrogens is 1. The van der Waals surface area contributed by atoms with Crippen LogP contribution in [0.3, 0.4) is 0 Å². The fourth-order valence-corrected chi connectivity index (χ4v) is 6.66. The average molecular weight is 431 g/mol. The lowest BCUT2D eigenvalue weighted by Gasteiger charge is -2.42. The molecule has 2 bridgehead atoms. The maximum Gasteiger partial charge on any atom is 0.258 e. The highest BCUT2D eigenvalue weighted by Crippen LogP contribution is 2.37. The molecule has 1 N–H and O–H groups in total. The van der Waals surface area contributed by atoms with Crippen LogP contribution in [0.4, 0.5) is 0 Å². The van der Waals surface area contributed by atoms with Gasteiger partial charge in [-0.3, -0.25) is 4.79 Å². The Morgan fingerprint density at radius 1 is 1.03 bits per heavy atom. The van der Waals surface area contributed by atoms with Crippen molar-refractivity contribution in [2.45, 2.75) is 38.8 Å². The third kappa shape index (κ3) is 3.98. The second kappa shape index (κ2) is 8.29. The number of quaternary nitrogens is 1. The van der Waals surface area contributed by atoms with E-state index in [2.05, 4.69) is 20.2 Å². The Bertz CT molecular complexity index is 1090. The third-order valence-electron chi connectivity index (χ3n) is 6.28. The van der Waals surface area contributed by atoms with Crippen molar-refractivity contribution in [2.75, 3.05) is 32.9 Å². The van der Waals surface area contributed by atoms with Gasteiger partial charge >= 0.3 is 0 Å². The van der Waals surface area contributed by atoms with Crippen LogP contribution in [0.2, 0.25) is 0 Å². The number of benzene rings is 1. The minimum Gasteiger partial charge on any atom is -0.336 e. The van der Waals surface area contributed by atoms with Crippen LogP contribution >= 0.6 is 0 Å². The van der Waals surface area contributed by atoms with Gasteiger partial charge in [0, 0.05) is 42.4 Å². The van der Waals surface area contributed by atoms with E-state index in [-0.39, 0.29) is 23.1 Å². The van der Waals surface area contributed by atoms with Crippen LogP contribution in [-0.2, 0) is 23.1 Å². The molecule has 4 rings (SSSR count). The van der Waals surface area contributed by atoms with E-state index in [4.69, 9.17) is 0 Å². The van der Waals surface area contributed by atoms with Gasteiger partial charge in [0.1, 0.15) is 6.54 Å². The molecule has 162 valence electrons. The van der Waals surface area contributed by atoms with Crippen molar-refractivity contribution in [1.29, 1.82) is 0 Å². The number of piperidine rings is 1. The molecule has 3 heterocycles. The van der Waals surface area contributed by atoms with Crippen LogP contribution < -0.4 is 10.5 Å². The fourth-order valence-electron chi connectivity index (χ4n) is 5.04. The quantitative estimate of drug-likeness (QED) is 0.752. The first kappa shape index (κ1) is 21.3. The van der Waals surface area contributed by atoms with Gasteiger partial charge in [-0.05, 0) is 36.5 Å². The van der Waals surface area contributed by atoms with E-state index in [0.29, 0.717) is 26.1 Å². The van der Waals surface area contributed by atoms with E-state index in [1.54, 1.807) is 4.31 Å². The molecule has 2 aliphatic rings. The first-order chi connectivity index (χ1) is 14.3. The van der Waals surface area contributed by atoms with Gasteiger partial charge in [0.2, 0.25) is 10.0 Å². The maximum absolute atomic E-state index is 13.5. The van der Waals surface area contributed by atoms with E-state index in [0.717, 1.165) is 29.8 Å². The Hall–Kier alpha value is -1.96. The van der Waals surface area contributed by atoms with Crippen LogP contribution in [-0.4, -0.2) is 50.2 Å². The van der Waals surface area contributed by atoms with Crippen molar-refractivity contribution in [1.82, 2.24) is 8.87 Å². The maximum atomic E-state index is 13.5. The molecule has 1 saturated heterocycles. The van der Waals surface area contributed by atoms with Crippen molar-refractivity contribution in [3.8, 4) is 11.1 Å². The van der Waals surface area contributed by atoms with Crippen LogP contribution in [0.1, 0.15) is 36.9 Å². The number of pyridine rings is 1. The standard InChI is InChI=1S/C23H31N3O3S/c1-4-11-30(28,29)25-13-17-12-19(16-25)22-10-9-21(23(27)26(22)14-17)20-8-6-5-7-18(20)15-24(2)3/h5-10,17,19H,4,11-16H2,1-3H3/p+1/t17-,19+/m0/s1. The molecule has 0 amide bonds. The summed E-state index contributed by atoms with van der Waals surface area (Å²) in [5, 5.41) is 0. The van der Waals surface area contributed by atoms with E-state index in [1.807, 2.05) is 41.8 Å². The van der Waals surface area contributed by atoms with Gasteiger partial charge in [-0.15, -0.1) is 0 Å². The van der Waals surface area contributed by atoms with E-state index >= 15 is 0 Å². The summed E-state index contributed by atoms with van der Waals surface area (Å²) in [5.74, 6) is 0.479. The van der Waals surface area contributed by atoms with Crippen molar-refractivity contribution >= 4 is 10.0 Å². The minimum absolute atomic E-state index is 0.0493. The predicted molar refractivity (Wildman–Crippen MR) is 119 cm³/mol. The number of hydrogen-bond donors (Lipinski definition) is 1. The molecule has 0 saturated carbocycles.